The zero-order valence-corrected chi connectivity index (χ0v) is 15.6. The topological polar surface area (TPSA) is 106 Å². The van der Waals surface area contributed by atoms with Crippen LogP contribution in [-0.2, 0) is 22.7 Å². The van der Waals surface area contributed by atoms with E-state index >= 15 is 0 Å². The van der Waals surface area contributed by atoms with E-state index in [1.807, 2.05) is 12.3 Å². The van der Waals surface area contributed by atoms with Crippen molar-refractivity contribution in [1.29, 1.82) is 0 Å². The normalized spacial score (nSPS) is 16.2. The molecule has 0 radical (unpaired) electrons. The highest BCUT2D eigenvalue weighted by Crippen LogP contribution is 2.17. The van der Waals surface area contributed by atoms with Crippen LogP contribution in [0.1, 0.15) is 18.4 Å². The van der Waals surface area contributed by atoms with E-state index in [0.29, 0.717) is 18.8 Å². The molecular weight excluding hydrogens is 362 g/mol. The van der Waals surface area contributed by atoms with Gasteiger partial charge in [0.2, 0.25) is 5.91 Å². The number of urea groups is 1. The maximum atomic E-state index is 12.5. The molecule has 4 amide bonds. The molecule has 3 rings (SSSR count). The lowest BCUT2D eigenvalue weighted by atomic mass is 10.1. The minimum Gasteiger partial charge on any atom is -0.497 e. The van der Waals surface area contributed by atoms with Crippen LogP contribution in [0.4, 0.5) is 4.79 Å². The first-order valence-electron chi connectivity index (χ1n) is 9.06. The van der Waals surface area contributed by atoms with Gasteiger partial charge in [0, 0.05) is 25.4 Å². The Labute approximate surface area is 162 Å². The fraction of sp³-hybridized carbons (Fsp3) is 0.368. The molecule has 28 heavy (non-hydrogen) atoms. The van der Waals surface area contributed by atoms with Gasteiger partial charge in [-0.2, -0.15) is 5.10 Å². The summed E-state index contributed by atoms with van der Waals surface area (Å²) in [5.41, 5.74) is 0.821. The lowest BCUT2D eigenvalue weighted by molar-refractivity contribution is -0.128. The van der Waals surface area contributed by atoms with Gasteiger partial charge in [-0.25, -0.2) is 4.79 Å². The molecule has 2 heterocycles. The molecule has 0 aliphatic carbocycles. The van der Waals surface area contributed by atoms with E-state index in [0.717, 1.165) is 5.56 Å². The first kappa shape index (κ1) is 19.4. The number of hydrogen-bond donors (Lipinski definition) is 2. The molecule has 1 saturated heterocycles. The third kappa shape index (κ3) is 4.87. The van der Waals surface area contributed by atoms with Crippen molar-refractivity contribution in [3.8, 4) is 5.75 Å². The second-order valence-corrected chi connectivity index (χ2v) is 6.43. The molecule has 1 aliphatic heterocycles. The Kier molecular flexibility index (Phi) is 6.25. The molecule has 0 spiro atoms. The second kappa shape index (κ2) is 9.03. The quantitative estimate of drug-likeness (QED) is 0.624. The summed E-state index contributed by atoms with van der Waals surface area (Å²) in [4.78, 5) is 37.8. The number of nitrogens with one attached hydrogen (secondary N) is 2. The highest BCUT2D eigenvalue weighted by Gasteiger charge is 2.37. The molecule has 1 aromatic heterocycles. The standard InChI is InChI=1S/C19H23N5O4/c1-28-15-5-3-14(4-6-15)13-24-18(26)16(22-19(24)27)7-8-17(25)20-10-12-23-11-2-9-21-23/h2-6,9,11,16H,7-8,10,12-13H2,1H3,(H,20,25)(H,22,27)/t16-/m1/s1. The Balaban J connectivity index is 1.44. The molecule has 2 N–H and O–H groups in total. The van der Waals surface area contributed by atoms with Gasteiger partial charge in [0.25, 0.3) is 5.91 Å². The number of rotatable bonds is 9. The molecule has 0 bridgehead atoms. The van der Waals surface area contributed by atoms with Crippen LogP contribution in [0.15, 0.2) is 42.7 Å². The second-order valence-electron chi connectivity index (χ2n) is 6.43. The molecule has 0 unspecified atom stereocenters. The summed E-state index contributed by atoms with van der Waals surface area (Å²) in [6.45, 7) is 1.21. The van der Waals surface area contributed by atoms with Crippen LogP contribution in [-0.4, -0.2) is 52.2 Å². The smallest absolute Gasteiger partial charge is 0.325 e. The van der Waals surface area contributed by atoms with Crippen LogP contribution in [0.2, 0.25) is 0 Å². The maximum absolute atomic E-state index is 12.5. The number of amides is 4. The van der Waals surface area contributed by atoms with Gasteiger partial charge in [-0.1, -0.05) is 12.1 Å². The van der Waals surface area contributed by atoms with Crippen molar-refractivity contribution in [2.75, 3.05) is 13.7 Å². The van der Waals surface area contributed by atoms with E-state index in [2.05, 4.69) is 15.7 Å². The first-order chi connectivity index (χ1) is 13.6. The van der Waals surface area contributed by atoms with Gasteiger partial charge in [-0.05, 0) is 30.2 Å². The first-order valence-corrected chi connectivity index (χ1v) is 9.06. The zero-order valence-electron chi connectivity index (χ0n) is 15.6. The Morgan fingerprint density at radius 3 is 2.75 bits per heavy atom. The van der Waals surface area contributed by atoms with Gasteiger partial charge < -0.3 is 15.4 Å². The van der Waals surface area contributed by atoms with Gasteiger partial charge in [-0.15, -0.1) is 0 Å². The number of aromatic nitrogens is 2. The summed E-state index contributed by atoms with van der Waals surface area (Å²) in [5.74, 6) is 0.227. The summed E-state index contributed by atoms with van der Waals surface area (Å²) in [5, 5.41) is 9.49. The van der Waals surface area contributed by atoms with Crippen LogP contribution in [0, 0.1) is 0 Å². The molecule has 9 heteroatoms. The van der Waals surface area contributed by atoms with Crippen LogP contribution in [0.25, 0.3) is 0 Å². The van der Waals surface area contributed by atoms with Gasteiger partial charge in [-0.3, -0.25) is 19.2 Å². The van der Waals surface area contributed by atoms with E-state index < -0.39 is 12.1 Å². The van der Waals surface area contributed by atoms with Crippen molar-refractivity contribution in [2.45, 2.75) is 32.0 Å². The molecule has 148 valence electrons. The van der Waals surface area contributed by atoms with Gasteiger partial charge in [0.1, 0.15) is 11.8 Å². The minimum atomic E-state index is -0.678. The average molecular weight is 385 g/mol. The number of imide groups is 1. The molecule has 1 aliphatic rings. The van der Waals surface area contributed by atoms with Crippen LogP contribution >= 0.6 is 0 Å². The number of ether oxygens (including phenoxy) is 1. The van der Waals surface area contributed by atoms with E-state index in [9.17, 15) is 14.4 Å². The highest BCUT2D eigenvalue weighted by molar-refractivity contribution is 6.04. The Morgan fingerprint density at radius 1 is 1.29 bits per heavy atom. The molecule has 1 fully saturated rings. The van der Waals surface area contributed by atoms with Crippen molar-refractivity contribution in [3.63, 3.8) is 0 Å². The zero-order chi connectivity index (χ0) is 19.9. The van der Waals surface area contributed by atoms with Crippen molar-refractivity contribution in [2.24, 2.45) is 0 Å². The lowest BCUT2D eigenvalue weighted by Gasteiger charge is -2.13. The van der Waals surface area contributed by atoms with Gasteiger partial charge in [0.15, 0.2) is 0 Å². The number of carbonyl (C=O) groups is 3. The van der Waals surface area contributed by atoms with Crippen molar-refractivity contribution < 1.29 is 19.1 Å². The largest absolute Gasteiger partial charge is 0.497 e. The average Bonchev–Trinajstić information content (AvgIpc) is 3.31. The molecule has 1 atom stereocenters. The molecule has 0 saturated carbocycles. The number of carbonyl (C=O) groups excluding carboxylic acids is 3. The minimum absolute atomic E-state index is 0.159. The summed E-state index contributed by atoms with van der Waals surface area (Å²) in [6, 6.07) is 7.86. The molecular formula is C19H23N5O4. The predicted molar refractivity (Wildman–Crippen MR) is 100 cm³/mol. The van der Waals surface area contributed by atoms with Crippen LogP contribution in [0.3, 0.4) is 0 Å². The predicted octanol–water partition coefficient (Wildman–Crippen LogP) is 0.909. The lowest BCUT2D eigenvalue weighted by Crippen LogP contribution is -2.33. The fourth-order valence-electron chi connectivity index (χ4n) is 2.94. The Morgan fingerprint density at radius 2 is 2.07 bits per heavy atom. The number of nitrogens with zero attached hydrogens (tertiary/aromatic N) is 3. The number of methoxy groups -OCH3 is 1. The van der Waals surface area contributed by atoms with E-state index in [1.54, 1.807) is 42.3 Å². The summed E-state index contributed by atoms with van der Waals surface area (Å²) >= 11 is 0. The van der Waals surface area contributed by atoms with E-state index in [4.69, 9.17) is 4.74 Å². The van der Waals surface area contributed by atoms with Gasteiger partial charge >= 0.3 is 6.03 Å². The van der Waals surface area contributed by atoms with Crippen molar-refractivity contribution in [1.82, 2.24) is 25.3 Å². The van der Waals surface area contributed by atoms with Crippen molar-refractivity contribution >= 4 is 17.8 Å². The Bertz CT molecular complexity index is 819. The molecule has 1 aromatic carbocycles. The fourth-order valence-corrected chi connectivity index (χ4v) is 2.94. The van der Waals surface area contributed by atoms with Gasteiger partial charge in [0.05, 0.1) is 20.2 Å². The SMILES string of the molecule is COc1ccc(CN2C(=O)N[C@H](CCC(=O)NCCn3cccn3)C2=O)cc1. The van der Waals surface area contributed by atoms with Crippen LogP contribution < -0.4 is 15.4 Å². The van der Waals surface area contributed by atoms with Crippen molar-refractivity contribution in [3.05, 3.63) is 48.3 Å². The molecule has 2 aromatic rings. The Hall–Kier alpha value is -3.36. The number of hydrogen-bond acceptors (Lipinski definition) is 5. The maximum Gasteiger partial charge on any atom is 0.325 e. The van der Waals surface area contributed by atoms with Crippen LogP contribution in [0.5, 0.6) is 5.75 Å². The highest BCUT2D eigenvalue weighted by atomic mass is 16.5. The van der Waals surface area contributed by atoms with E-state index in [-0.39, 0.29) is 31.2 Å². The summed E-state index contributed by atoms with van der Waals surface area (Å²) in [6.07, 6.45) is 3.91. The van der Waals surface area contributed by atoms with E-state index in [1.165, 1.54) is 4.90 Å². The summed E-state index contributed by atoms with van der Waals surface area (Å²) in [7, 11) is 1.57. The monoisotopic (exact) mass is 385 g/mol. The third-order valence-electron chi connectivity index (χ3n) is 4.49. The number of benzene rings is 1. The third-order valence-corrected chi connectivity index (χ3v) is 4.49. The summed E-state index contributed by atoms with van der Waals surface area (Å²) < 4.78 is 6.82. The molecule has 9 nitrogen and oxygen atoms in total.